The third-order valence-electron chi connectivity index (χ3n) is 3.92. The first-order chi connectivity index (χ1) is 13.5. The summed E-state index contributed by atoms with van der Waals surface area (Å²) in [5, 5.41) is 16.3. The number of non-ortho nitro benzene ring substituents is 1. The number of furan rings is 1. The van der Waals surface area contributed by atoms with E-state index in [1.165, 1.54) is 18.2 Å². The number of nitrogens with one attached hydrogen (secondary N) is 2. The highest BCUT2D eigenvalue weighted by molar-refractivity contribution is 6.02. The Morgan fingerprint density at radius 2 is 1.68 bits per heavy atom. The molecule has 8 heteroatoms. The molecule has 0 aliphatic carbocycles. The Balaban J connectivity index is 1.70. The molecule has 0 saturated heterocycles. The van der Waals surface area contributed by atoms with Crippen LogP contribution in [-0.2, 0) is 4.79 Å². The number of carbonyl (C=O) groups excluding carboxylic acids is 2. The van der Waals surface area contributed by atoms with Gasteiger partial charge in [0, 0.05) is 35.5 Å². The van der Waals surface area contributed by atoms with Crippen LogP contribution >= 0.6 is 0 Å². The first-order valence-corrected chi connectivity index (χ1v) is 8.52. The van der Waals surface area contributed by atoms with Gasteiger partial charge in [0.2, 0.25) is 5.91 Å². The zero-order valence-corrected chi connectivity index (χ0v) is 15.0. The van der Waals surface area contributed by atoms with Crippen LogP contribution in [-0.4, -0.2) is 16.7 Å². The van der Waals surface area contributed by atoms with Gasteiger partial charge in [0.15, 0.2) is 5.76 Å². The Morgan fingerprint density at radius 1 is 1.00 bits per heavy atom. The Labute approximate surface area is 160 Å². The molecular weight excluding hydrogens is 362 g/mol. The minimum Gasteiger partial charge on any atom is -0.451 e. The van der Waals surface area contributed by atoms with E-state index in [0.29, 0.717) is 29.1 Å². The summed E-state index contributed by atoms with van der Waals surface area (Å²) in [5.41, 5.74) is 1.61. The highest BCUT2D eigenvalue weighted by atomic mass is 16.6. The van der Waals surface area contributed by atoms with Crippen LogP contribution in [0.2, 0.25) is 0 Å². The van der Waals surface area contributed by atoms with Crippen molar-refractivity contribution in [1.29, 1.82) is 0 Å². The van der Waals surface area contributed by atoms with E-state index >= 15 is 0 Å². The molecular formula is C20H17N3O5. The molecule has 3 rings (SSSR count). The van der Waals surface area contributed by atoms with E-state index in [1.807, 2.05) is 0 Å². The summed E-state index contributed by atoms with van der Waals surface area (Å²) in [4.78, 5) is 34.1. The molecule has 0 atom stereocenters. The summed E-state index contributed by atoms with van der Waals surface area (Å²) >= 11 is 0. The number of rotatable bonds is 6. The molecule has 1 heterocycles. The second kappa shape index (κ2) is 8.17. The van der Waals surface area contributed by atoms with Gasteiger partial charge >= 0.3 is 0 Å². The number of nitrogens with zero attached hydrogens (tertiary/aromatic N) is 1. The highest BCUT2D eigenvalue weighted by Crippen LogP contribution is 2.26. The van der Waals surface area contributed by atoms with E-state index in [9.17, 15) is 19.7 Å². The number of anilines is 2. The first kappa shape index (κ1) is 18.8. The smallest absolute Gasteiger partial charge is 0.291 e. The first-order valence-electron chi connectivity index (χ1n) is 8.52. The van der Waals surface area contributed by atoms with Gasteiger partial charge < -0.3 is 15.1 Å². The number of amides is 2. The lowest BCUT2D eigenvalue weighted by molar-refractivity contribution is -0.384. The maximum Gasteiger partial charge on any atom is 0.291 e. The van der Waals surface area contributed by atoms with Gasteiger partial charge in [-0.05, 0) is 36.4 Å². The fourth-order valence-electron chi connectivity index (χ4n) is 2.47. The van der Waals surface area contributed by atoms with Crippen LogP contribution in [0.25, 0.3) is 11.3 Å². The highest BCUT2D eigenvalue weighted by Gasteiger charge is 2.14. The van der Waals surface area contributed by atoms with Crippen molar-refractivity contribution in [2.24, 2.45) is 0 Å². The van der Waals surface area contributed by atoms with E-state index < -0.39 is 10.8 Å². The molecule has 3 aromatic rings. The molecule has 0 radical (unpaired) electrons. The van der Waals surface area contributed by atoms with Crippen LogP contribution in [0, 0.1) is 10.1 Å². The summed E-state index contributed by atoms with van der Waals surface area (Å²) in [6.07, 6.45) is 0.379. The van der Waals surface area contributed by atoms with Crippen LogP contribution in [0.15, 0.2) is 65.1 Å². The van der Waals surface area contributed by atoms with Gasteiger partial charge in [0.25, 0.3) is 11.6 Å². The van der Waals surface area contributed by atoms with Crippen LogP contribution in [0.4, 0.5) is 17.1 Å². The molecule has 0 bridgehead atoms. The predicted octanol–water partition coefficient (Wildman–Crippen LogP) is 4.46. The fourth-order valence-corrected chi connectivity index (χ4v) is 2.47. The van der Waals surface area contributed by atoms with E-state index in [1.54, 1.807) is 49.4 Å². The number of carbonyl (C=O) groups is 2. The summed E-state index contributed by atoms with van der Waals surface area (Å²) < 4.78 is 5.54. The minimum absolute atomic E-state index is 0.0600. The van der Waals surface area contributed by atoms with Gasteiger partial charge in [-0.3, -0.25) is 19.7 Å². The average molecular weight is 379 g/mol. The summed E-state index contributed by atoms with van der Waals surface area (Å²) in [5.74, 6) is -0.126. The Hall–Kier alpha value is -3.94. The molecule has 0 spiro atoms. The monoisotopic (exact) mass is 379 g/mol. The standard InChI is InChI=1S/C20H17N3O5/c1-2-19(24)21-14-6-8-15(9-7-14)22-20(25)18-11-10-17(28-18)13-4-3-5-16(12-13)23(26)27/h3-12H,2H2,1H3,(H,21,24)(H,22,25). The van der Waals surface area contributed by atoms with Crippen molar-refractivity contribution in [3.8, 4) is 11.3 Å². The van der Waals surface area contributed by atoms with Crippen molar-refractivity contribution in [1.82, 2.24) is 0 Å². The molecule has 0 fully saturated rings. The van der Waals surface area contributed by atoms with E-state index in [4.69, 9.17) is 4.42 Å². The van der Waals surface area contributed by atoms with Gasteiger partial charge in [0.1, 0.15) is 5.76 Å². The molecule has 0 saturated carbocycles. The maximum absolute atomic E-state index is 12.4. The van der Waals surface area contributed by atoms with Crippen molar-refractivity contribution in [3.05, 3.63) is 76.5 Å². The normalized spacial score (nSPS) is 10.3. The SMILES string of the molecule is CCC(=O)Nc1ccc(NC(=O)c2ccc(-c3cccc([N+](=O)[O-])c3)o2)cc1. The van der Waals surface area contributed by atoms with Crippen molar-refractivity contribution in [2.45, 2.75) is 13.3 Å². The number of benzene rings is 2. The van der Waals surface area contributed by atoms with Crippen LogP contribution in [0.3, 0.4) is 0 Å². The van der Waals surface area contributed by atoms with E-state index in [0.717, 1.165) is 0 Å². The summed E-state index contributed by atoms with van der Waals surface area (Å²) in [7, 11) is 0. The van der Waals surface area contributed by atoms with Crippen molar-refractivity contribution >= 4 is 28.9 Å². The van der Waals surface area contributed by atoms with Gasteiger partial charge in [0.05, 0.1) is 4.92 Å². The lowest BCUT2D eigenvalue weighted by Crippen LogP contribution is -2.11. The zero-order chi connectivity index (χ0) is 20.1. The average Bonchev–Trinajstić information content (AvgIpc) is 3.20. The van der Waals surface area contributed by atoms with Gasteiger partial charge in [-0.15, -0.1) is 0 Å². The topological polar surface area (TPSA) is 114 Å². The molecule has 2 aromatic carbocycles. The van der Waals surface area contributed by atoms with Crippen LogP contribution in [0.5, 0.6) is 0 Å². The molecule has 142 valence electrons. The molecule has 2 N–H and O–H groups in total. The Morgan fingerprint density at radius 3 is 2.32 bits per heavy atom. The predicted molar refractivity (Wildman–Crippen MR) is 104 cm³/mol. The minimum atomic E-state index is -0.493. The lowest BCUT2D eigenvalue weighted by atomic mass is 10.1. The molecule has 2 amide bonds. The van der Waals surface area contributed by atoms with E-state index in [-0.39, 0.29) is 17.4 Å². The number of nitro groups is 1. The van der Waals surface area contributed by atoms with Crippen molar-refractivity contribution in [3.63, 3.8) is 0 Å². The number of nitro benzene ring substituents is 1. The molecule has 28 heavy (non-hydrogen) atoms. The van der Waals surface area contributed by atoms with Crippen LogP contribution < -0.4 is 10.6 Å². The van der Waals surface area contributed by atoms with Crippen molar-refractivity contribution < 1.29 is 18.9 Å². The third-order valence-corrected chi connectivity index (χ3v) is 3.92. The maximum atomic E-state index is 12.4. The molecule has 0 aliphatic heterocycles. The summed E-state index contributed by atoms with van der Waals surface area (Å²) in [6, 6.07) is 15.7. The second-order valence-electron chi connectivity index (χ2n) is 5.90. The Bertz CT molecular complexity index is 1020. The second-order valence-corrected chi connectivity index (χ2v) is 5.90. The lowest BCUT2D eigenvalue weighted by Gasteiger charge is -2.06. The van der Waals surface area contributed by atoms with Gasteiger partial charge in [-0.2, -0.15) is 0 Å². The molecule has 8 nitrogen and oxygen atoms in total. The van der Waals surface area contributed by atoms with Crippen LogP contribution in [0.1, 0.15) is 23.9 Å². The van der Waals surface area contributed by atoms with Gasteiger partial charge in [-0.25, -0.2) is 0 Å². The zero-order valence-electron chi connectivity index (χ0n) is 15.0. The number of hydrogen-bond acceptors (Lipinski definition) is 5. The molecule has 1 aromatic heterocycles. The Kier molecular flexibility index (Phi) is 5.50. The van der Waals surface area contributed by atoms with Gasteiger partial charge in [-0.1, -0.05) is 19.1 Å². The molecule has 0 unspecified atom stereocenters. The largest absolute Gasteiger partial charge is 0.451 e. The quantitative estimate of drug-likeness (QED) is 0.485. The number of hydrogen-bond donors (Lipinski definition) is 2. The summed E-state index contributed by atoms with van der Waals surface area (Å²) in [6.45, 7) is 1.76. The fraction of sp³-hybridized carbons (Fsp3) is 0.100. The van der Waals surface area contributed by atoms with Crippen molar-refractivity contribution in [2.75, 3.05) is 10.6 Å². The molecule has 0 aliphatic rings. The third kappa shape index (κ3) is 4.42. The van der Waals surface area contributed by atoms with E-state index in [2.05, 4.69) is 10.6 Å².